The van der Waals surface area contributed by atoms with Crippen molar-refractivity contribution in [2.45, 2.75) is 33.0 Å². The van der Waals surface area contributed by atoms with E-state index in [0.717, 1.165) is 6.42 Å². The minimum absolute atomic E-state index is 0.458. The van der Waals surface area contributed by atoms with E-state index in [1.807, 2.05) is 6.92 Å². The van der Waals surface area contributed by atoms with Crippen LogP contribution in [-0.4, -0.2) is 22.5 Å². The molecule has 4 heteroatoms. The molecular formula is C6H15NO3. The molecule has 0 radical (unpaired) electrons. The Morgan fingerprint density at radius 1 is 1.40 bits per heavy atom. The Labute approximate surface area is 60.9 Å². The maximum Gasteiger partial charge on any atom is 0.156 e. The number of rotatable bonds is 2. The van der Waals surface area contributed by atoms with Crippen LogP contribution in [0.3, 0.4) is 0 Å². The van der Waals surface area contributed by atoms with Crippen LogP contribution >= 0.6 is 0 Å². The molecule has 2 N–H and O–H groups in total. The van der Waals surface area contributed by atoms with Gasteiger partial charge in [0.2, 0.25) is 0 Å². The van der Waals surface area contributed by atoms with Gasteiger partial charge in [0.15, 0.2) is 5.79 Å². The molecule has 0 amide bonds. The SMILES string of the molecule is CC(C)(O)O.CCCN=O. The van der Waals surface area contributed by atoms with E-state index < -0.39 is 5.79 Å². The molecule has 0 aromatic carbocycles. The molecule has 62 valence electrons. The number of hydrogen-bond donors (Lipinski definition) is 2. The lowest BCUT2D eigenvalue weighted by Crippen LogP contribution is -2.15. The Morgan fingerprint density at radius 2 is 1.70 bits per heavy atom. The highest BCUT2D eigenvalue weighted by Crippen LogP contribution is 1.88. The van der Waals surface area contributed by atoms with Crippen molar-refractivity contribution < 1.29 is 10.2 Å². The van der Waals surface area contributed by atoms with Crippen LogP contribution in [0.4, 0.5) is 0 Å². The lowest BCUT2D eigenvalue weighted by atomic mass is 10.4. The summed E-state index contributed by atoms with van der Waals surface area (Å²) in [5.41, 5.74) is 0. The minimum Gasteiger partial charge on any atom is -0.366 e. The molecule has 0 unspecified atom stereocenters. The predicted molar refractivity (Wildman–Crippen MR) is 39.5 cm³/mol. The molecule has 0 aliphatic carbocycles. The van der Waals surface area contributed by atoms with Gasteiger partial charge in [-0.05, 0) is 20.3 Å². The van der Waals surface area contributed by atoms with Crippen LogP contribution in [0.5, 0.6) is 0 Å². The Bertz CT molecular complexity index is 71.6. The van der Waals surface area contributed by atoms with E-state index in [0.29, 0.717) is 6.54 Å². The van der Waals surface area contributed by atoms with E-state index in [1.54, 1.807) is 0 Å². The molecule has 0 heterocycles. The second kappa shape index (κ2) is 6.64. The summed E-state index contributed by atoms with van der Waals surface area (Å²) in [6, 6.07) is 0. The number of nitroso groups, excluding NO2 is 1. The van der Waals surface area contributed by atoms with Crippen LogP contribution in [0.25, 0.3) is 0 Å². The quantitative estimate of drug-likeness (QED) is 0.452. The highest BCUT2D eigenvalue weighted by Gasteiger charge is 2.00. The fourth-order valence-corrected chi connectivity index (χ4v) is 0.0913. The maximum absolute atomic E-state index is 9.15. The molecule has 0 rings (SSSR count). The summed E-state index contributed by atoms with van der Waals surface area (Å²) in [5, 5.41) is 18.8. The van der Waals surface area contributed by atoms with Crippen LogP contribution in [-0.2, 0) is 0 Å². The standard InChI is InChI=1S/C3H7NO.C3H8O2/c1-2-3-4-5;1-3(2,4)5/h2-3H2,1H3;4-5H,1-2H3. The summed E-state index contributed by atoms with van der Waals surface area (Å²) in [4.78, 5) is 9.15. The van der Waals surface area contributed by atoms with Crippen LogP contribution in [0.1, 0.15) is 27.2 Å². The number of nitrogens with zero attached hydrogens (tertiary/aromatic N) is 1. The van der Waals surface area contributed by atoms with Crippen LogP contribution < -0.4 is 0 Å². The van der Waals surface area contributed by atoms with Gasteiger partial charge in [-0.25, -0.2) is 0 Å². The average Bonchev–Trinajstić information content (AvgIpc) is 1.63. The zero-order valence-electron chi connectivity index (χ0n) is 6.66. The zero-order chi connectivity index (χ0) is 8.62. The number of aliphatic hydroxyl groups is 2. The van der Waals surface area contributed by atoms with Gasteiger partial charge in [-0.15, -0.1) is 0 Å². The average molecular weight is 149 g/mol. The van der Waals surface area contributed by atoms with Gasteiger partial charge in [0, 0.05) is 0 Å². The second-order valence-corrected chi connectivity index (χ2v) is 2.35. The van der Waals surface area contributed by atoms with Crippen LogP contribution in [0.2, 0.25) is 0 Å². The fraction of sp³-hybridized carbons (Fsp3) is 1.00. The molecular weight excluding hydrogens is 134 g/mol. The van der Waals surface area contributed by atoms with Crippen molar-refractivity contribution in [3.63, 3.8) is 0 Å². The summed E-state index contributed by atoms with van der Waals surface area (Å²) < 4.78 is 0. The van der Waals surface area contributed by atoms with Gasteiger partial charge in [0.05, 0.1) is 6.54 Å². The molecule has 0 saturated heterocycles. The van der Waals surface area contributed by atoms with Crippen LogP contribution in [0, 0.1) is 4.91 Å². The van der Waals surface area contributed by atoms with Crippen molar-refractivity contribution in [3.05, 3.63) is 4.91 Å². The third kappa shape index (κ3) is 138. The Balaban J connectivity index is 0. The van der Waals surface area contributed by atoms with E-state index in [9.17, 15) is 0 Å². The second-order valence-electron chi connectivity index (χ2n) is 2.35. The molecule has 4 nitrogen and oxygen atoms in total. The van der Waals surface area contributed by atoms with Crippen molar-refractivity contribution in [1.82, 2.24) is 0 Å². The fourth-order valence-electron chi connectivity index (χ4n) is 0.0913. The molecule has 0 aliphatic rings. The molecule has 0 bridgehead atoms. The predicted octanol–water partition coefficient (Wildman–Crippen LogP) is 0.870. The van der Waals surface area contributed by atoms with Crippen molar-refractivity contribution in [2.24, 2.45) is 5.18 Å². The lowest BCUT2D eigenvalue weighted by Gasteiger charge is -2.03. The highest BCUT2D eigenvalue weighted by molar-refractivity contribution is 4.37. The first-order valence-electron chi connectivity index (χ1n) is 3.15. The molecule has 10 heavy (non-hydrogen) atoms. The molecule has 0 aromatic heterocycles. The van der Waals surface area contributed by atoms with Crippen molar-refractivity contribution >= 4 is 0 Å². The summed E-state index contributed by atoms with van der Waals surface area (Å²) >= 11 is 0. The zero-order valence-corrected chi connectivity index (χ0v) is 6.66. The van der Waals surface area contributed by atoms with Gasteiger partial charge < -0.3 is 10.2 Å². The largest absolute Gasteiger partial charge is 0.366 e. The van der Waals surface area contributed by atoms with Gasteiger partial charge >= 0.3 is 0 Å². The van der Waals surface area contributed by atoms with Gasteiger partial charge in [0.25, 0.3) is 0 Å². The van der Waals surface area contributed by atoms with E-state index in [2.05, 4.69) is 5.18 Å². The van der Waals surface area contributed by atoms with E-state index in [-0.39, 0.29) is 0 Å². The third-order valence-corrected chi connectivity index (χ3v) is 0.315. The summed E-state index contributed by atoms with van der Waals surface area (Å²) in [6.45, 7) is 4.97. The Hall–Kier alpha value is -0.480. The molecule has 0 atom stereocenters. The molecule has 0 saturated carbocycles. The number of hydrogen-bond acceptors (Lipinski definition) is 4. The first-order valence-corrected chi connectivity index (χ1v) is 3.15. The van der Waals surface area contributed by atoms with Gasteiger partial charge in [-0.2, -0.15) is 4.91 Å². The van der Waals surface area contributed by atoms with Gasteiger partial charge in [0.1, 0.15) is 0 Å². The minimum atomic E-state index is -1.50. The lowest BCUT2D eigenvalue weighted by molar-refractivity contribution is -0.127. The van der Waals surface area contributed by atoms with E-state index in [4.69, 9.17) is 15.1 Å². The molecule has 0 fully saturated rings. The molecule has 0 spiro atoms. The Morgan fingerprint density at radius 3 is 1.70 bits per heavy atom. The van der Waals surface area contributed by atoms with Crippen LogP contribution in [0.15, 0.2) is 5.18 Å². The summed E-state index contributed by atoms with van der Waals surface area (Å²) in [6.07, 6.45) is 0.865. The van der Waals surface area contributed by atoms with E-state index in [1.165, 1.54) is 13.8 Å². The summed E-state index contributed by atoms with van der Waals surface area (Å²) in [7, 11) is 0. The third-order valence-electron chi connectivity index (χ3n) is 0.315. The first kappa shape index (κ1) is 12.2. The normalized spacial score (nSPS) is 9.70. The first-order chi connectivity index (χ1) is 4.41. The monoisotopic (exact) mass is 149 g/mol. The van der Waals surface area contributed by atoms with Crippen molar-refractivity contribution in [2.75, 3.05) is 6.54 Å². The van der Waals surface area contributed by atoms with Gasteiger partial charge in [-0.1, -0.05) is 12.1 Å². The molecule has 0 aliphatic heterocycles. The van der Waals surface area contributed by atoms with Crippen molar-refractivity contribution in [1.29, 1.82) is 0 Å². The van der Waals surface area contributed by atoms with E-state index >= 15 is 0 Å². The highest BCUT2D eigenvalue weighted by atomic mass is 16.5. The Kier molecular flexibility index (Phi) is 8.11. The maximum atomic E-state index is 9.15. The topological polar surface area (TPSA) is 69.9 Å². The van der Waals surface area contributed by atoms with Gasteiger partial charge in [-0.3, -0.25) is 0 Å². The van der Waals surface area contributed by atoms with Crippen molar-refractivity contribution in [3.8, 4) is 0 Å². The molecule has 0 aromatic rings. The summed E-state index contributed by atoms with van der Waals surface area (Å²) in [5.74, 6) is -1.50. The smallest absolute Gasteiger partial charge is 0.156 e.